The predicted octanol–water partition coefficient (Wildman–Crippen LogP) is 2.69. The number of rotatable bonds is 2. The Morgan fingerprint density at radius 2 is 2.17 bits per heavy atom. The fourth-order valence-electron chi connectivity index (χ4n) is 0.766. The molecule has 0 heterocycles. The number of carbonyl (C=O) groups is 1. The molecule has 1 aromatic carbocycles. The molecule has 0 saturated carbocycles. The first-order valence-corrected chi connectivity index (χ1v) is 3.69. The van der Waals surface area contributed by atoms with Crippen molar-refractivity contribution in [2.24, 2.45) is 0 Å². The predicted molar refractivity (Wildman–Crippen MR) is 46.5 cm³/mol. The van der Waals surface area contributed by atoms with Crippen molar-refractivity contribution < 1.29 is 9.18 Å². The molecule has 0 bridgehead atoms. The summed E-state index contributed by atoms with van der Waals surface area (Å²) in [7, 11) is 0. The summed E-state index contributed by atoms with van der Waals surface area (Å²) < 4.78 is 12.8. The zero-order valence-corrected chi connectivity index (χ0v) is 6.88. The highest BCUT2D eigenvalue weighted by atomic mass is 35.5. The average molecular weight is 185 g/mol. The molecule has 0 saturated heterocycles. The summed E-state index contributed by atoms with van der Waals surface area (Å²) in [4.78, 5) is 9.92. The third-order valence-corrected chi connectivity index (χ3v) is 1.62. The van der Waals surface area contributed by atoms with Gasteiger partial charge in [0.15, 0.2) is 0 Å². The van der Waals surface area contributed by atoms with E-state index in [2.05, 4.69) is 0 Å². The highest BCUT2D eigenvalue weighted by Crippen LogP contribution is 2.15. The Bertz CT molecular complexity index is 320. The molecule has 1 nitrogen and oxygen atoms in total. The van der Waals surface area contributed by atoms with Crippen molar-refractivity contribution in [2.45, 2.75) is 0 Å². The summed E-state index contributed by atoms with van der Waals surface area (Å²) in [5, 5.41) is 0.0817. The molecule has 0 fully saturated rings. The molecule has 1 rings (SSSR count). The summed E-state index contributed by atoms with van der Waals surface area (Å²) in [6, 6.07) is 4.34. The van der Waals surface area contributed by atoms with Crippen LogP contribution in [0.3, 0.4) is 0 Å². The Balaban J connectivity index is 2.96. The van der Waals surface area contributed by atoms with Crippen LogP contribution in [-0.2, 0) is 4.79 Å². The molecular weight excluding hydrogens is 179 g/mol. The van der Waals surface area contributed by atoms with Gasteiger partial charge in [-0.2, -0.15) is 0 Å². The fourth-order valence-corrected chi connectivity index (χ4v) is 0.884. The second-order valence-corrected chi connectivity index (χ2v) is 2.58. The maximum atomic E-state index is 12.8. The summed E-state index contributed by atoms with van der Waals surface area (Å²) in [6.45, 7) is 0. The van der Waals surface area contributed by atoms with E-state index < -0.39 is 5.82 Å². The van der Waals surface area contributed by atoms with Crippen molar-refractivity contribution in [3.63, 3.8) is 0 Å². The van der Waals surface area contributed by atoms with E-state index in [4.69, 9.17) is 11.6 Å². The minimum Gasteiger partial charge on any atom is -0.299 e. The van der Waals surface area contributed by atoms with E-state index in [0.717, 1.165) is 0 Å². The Morgan fingerprint density at radius 1 is 1.42 bits per heavy atom. The highest BCUT2D eigenvalue weighted by molar-refractivity contribution is 6.30. The van der Waals surface area contributed by atoms with Crippen molar-refractivity contribution in [3.8, 4) is 0 Å². The first kappa shape index (κ1) is 8.94. The van der Waals surface area contributed by atoms with Crippen LogP contribution >= 0.6 is 11.6 Å². The van der Waals surface area contributed by atoms with Gasteiger partial charge in [0.25, 0.3) is 0 Å². The molecule has 0 N–H and O–H groups in total. The van der Waals surface area contributed by atoms with Gasteiger partial charge in [-0.3, -0.25) is 4.79 Å². The standard InChI is InChI=1S/C9H6ClFO/c10-8-4-3-7(2-1-5-12)6-9(8)11/h1-6H/b2-1+. The van der Waals surface area contributed by atoms with Crippen LogP contribution in [0, 0.1) is 5.82 Å². The Hall–Kier alpha value is -1.15. The lowest BCUT2D eigenvalue weighted by atomic mass is 10.2. The molecule has 0 amide bonds. The molecule has 1 aromatic rings. The SMILES string of the molecule is O=C/C=C/c1ccc(Cl)c(F)c1. The molecule has 0 atom stereocenters. The number of allylic oxidation sites excluding steroid dienone is 1. The third-order valence-electron chi connectivity index (χ3n) is 1.31. The van der Waals surface area contributed by atoms with Gasteiger partial charge in [-0.1, -0.05) is 23.7 Å². The van der Waals surface area contributed by atoms with Gasteiger partial charge in [0, 0.05) is 0 Å². The molecule has 12 heavy (non-hydrogen) atoms. The van der Waals surface area contributed by atoms with Crippen LogP contribution in [-0.4, -0.2) is 6.29 Å². The summed E-state index contributed by atoms with van der Waals surface area (Å²) in [5.74, 6) is -0.482. The number of aldehydes is 1. The molecule has 62 valence electrons. The minimum absolute atomic E-state index is 0.0817. The van der Waals surface area contributed by atoms with Gasteiger partial charge in [0.1, 0.15) is 12.1 Å². The van der Waals surface area contributed by atoms with E-state index in [1.165, 1.54) is 24.3 Å². The van der Waals surface area contributed by atoms with Crippen LogP contribution in [0.15, 0.2) is 24.3 Å². The average Bonchev–Trinajstić information content (AvgIpc) is 2.07. The molecule has 0 spiro atoms. The number of hydrogen-bond donors (Lipinski definition) is 0. The van der Waals surface area contributed by atoms with Crippen LogP contribution in [0.2, 0.25) is 5.02 Å². The first-order chi connectivity index (χ1) is 5.74. The maximum Gasteiger partial charge on any atom is 0.142 e. The van der Waals surface area contributed by atoms with Crippen molar-refractivity contribution in [1.82, 2.24) is 0 Å². The van der Waals surface area contributed by atoms with Gasteiger partial charge in [-0.05, 0) is 23.8 Å². The van der Waals surface area contributed by atoms with Gasteiger partial charge in [-0.15, -0.1) is 0 Å². The Kier molecular flexibility index (Phi) is 3.00. The number of hydrogen-bond acceptors (Lipinski definition) is 1. The zero-order valence-electron chi connectivity index (χ0n) is 6.13. The van der Waals surface area contributed by atoms with E-state index in [0.29, 0.717) is 11.8 Å². The molecular formula is C9H6ClFO. The van der Waals surface area contributed by atoms with Crippen LogP contribution < -0.4 is 0 Å². The van der Waals surface area contributed by atoms with E-state index in [9.17, 15) is 9.18 Å². The van der Waals surface area contributed by atoms with Crippen molar-refractivity contribution in [2.75, 3.05) is 0 Å². The van der Waals surface area contributed by atoms with Gasteiger partial charge < -0.3 is 0 Å². The lowest BCUT2D eigenvalue weighted by molar-refractivity contribution is -0.104. The highest BCUT2D eigenvalue weighted by Gasteiger charge is 1.97. The normalized spacial score (nSPS) is 10.5. The van der Waals surface area contributed by atoms with Crippen LogP contribution in [0.5, 0.6) is 0 Å². The number of carbonyl (C=O) groups excluding carboxylic acids is 1. The second kappa shape index (κ2) is 4.02. The second-order valence-electron chi connectivity index (χ2n) is 2.17. The van der Waals surface area contributed by atoms with E-state index >= 15 is 0 Å². The molecule has 0 aliphatic heterocycles. The lowest BCUT2D eigenvalue weighted by Crippen LogP contribution is -1.78. The monoisotopic (exact) mass is 184 g/mol. The van der Waals surface area contributed by atoms with E-state index in [1.54, 1.807) is 6.07 Å². The molecule has 0 unspecified atom stereocenters. The Morgan fingerprint density at radius 3 is 2.75 bits per heavy atom. The lowest BCUT2D eigenvalue weighted by Gasteiger charge is -1.94. The number of halogens is 2. The van der Waals surface area contributed by atoms with Crippen molar-refractivity contribution in [1.29, 1.82) is 0 Å². The van der Waals surface area contributed by atoms with Crippen molar-refractivity contribution >= 4 is 24.0 Å². The van der Waals surface area contributed by atoms with E-state index in [-0.39, 0.29) is 5.02 Å². The van der Waals surface area contributed by atoms with Gasteiger partial charge in [-0.25, -0.2) is 4.39 Å². The molecule has 0 aliphatic rings. The molecule has 0 aliphatic carbocycles. The van der Waals surface area contributed by atoms with Crippen LogP contribution in [0.4, 0.5) is 4.39 Å². The molecule has 0 radical (unpaired) electrons. The summed E-state index contributed by atoms with van der Waals surface area (Å²) in [6.07, 6.45) is 3.43. The quantitative estimate of drug-likeness (QED) is 0.510. The minimum atomic E-state index is -0.482. The van der Waals surface area contributed by atoms with Crippen molar-refractivity contribution in [3.05, 3.63) is 40.7 Å². The fraction of sp³-hybridized carbons (Fsp3) is 0. The molecule has 0 aromatic heterocycles. The topological polar surface area (TPSA) is 17.1 Å². The smallest absolute Gasteiger partial charge is 0.142 e. The van der Waals surface area contributed by atoms with Gasteiger partial charge in [0.2, 0.25) is 0 Å². The number of benzene rings is 1. The maximum absolute atomic E-state index is 12.8. The third kappa shape index (κ3) is 2.17. The van der Waals surface area contributed by atoms with E-state index in [1.807, 2.05) is 0 Å². The molecule has 3 heteroatoms. The van der Waals surface area contributed by atoms with Crippen LogP contribution in [0.25, 0.3) is 6.08 Å². The summed E-state index contributed by atoms with van der Waals surface area (Å²) in [5.41, 5.74) is 0.615. The largest absolute Gasteiger partial charge is 0.299 e. The summed E-state index contributed by atoms with van der Waals surface area (Å²) >= 11 is 5.45. The van der Waals surface area contributed by atoms with Gasteiger partial charge in [0.05, 0.1) is 5.02 Å². The first-order valence-electron chi connectivity index (χ1n) is 3.31. The zero-order chi connectivity index (χ0) is 8.97. The van der Waals surface area contributed by atoms with Gasteiger partial charge >= 0.3 is 0 Å². The van der Waals surface area contributed by atoms with Crippen LogP contribution in [0.1, 0.15) is 5.56 Å². The Labute approximate surface area is 74.5 Å².